The van der Waals surface area contributed by atoms with Crippen molar-refractivity contribution < 1.29 is 9.47 Å². The fourth-order valence-electron chi connectivity index (χ4n) is 2.63. The summed E-state index contributed by atoms with van der Waals surface area (Å²) in [5.74, 6) is 2.49. The number of fused-ring (bicyclic) bond motifs is 2. The van der Waals surface area contributed by atoms with Crippen LogP contribution in [-0.2, 0) is 6.42 Å². The van der Waals surface area contributed by atoms with Crippen molar-refractivity contribution in [3.8, 4) is 11.5 Å². The minimum atomic E-state index is 0.0596. The zero-order valence-electron chi connectivity index (χ0n) is 11.7. The van der Waals surface area contributed by atoms with Gasteiger partial charge in [-0.05, 0) is 38.0 Å². The molecule has 0 bridgehead atoms. The Hall–Kier alpha value is -1.97. The molecule has 4 nitrogen and oxygen atoms in total. The molecule has 1 aliphatic rings. The molecule has 1 aromatic heterocycles. The topological polar surface area (TPSA) is 43.4 Å². The first-order valence-electron chi connectivity index (χ1n) is 6.36. The Kier molecular flexibility index (Phi) is 2.55. The lowest BCUT2D eigenvalue weighted by molar-refractivity contribution is 0.397. The van der Waals surface area contributed by atoms with E-state index in [4.69, 9.17) is 14.5 Å². The maximum atomic E-state index is 5.41. The lowest BCUT2D eigenvalue weighted by Gasteiger charge is -2.17. The van der Waals surface area contributed by atoms with Gasteiger partial charge in [0, 0.05) is 17.0 Å². The third-order valence-electron chi connectivity index (χ3n) is 3.48. The average molecular weight is 258 g/mol. The van der Waals surface area contributed by atoms with E-state index in [-0.39, 0.29) is 5.54 Å². The van der Waals surface area contributed by atoms with Crippen LogP contribution in [-0.4, -0.2) is 24.7 Å². The van der Waals surface area contributed by atoms with Crippen LogP contribution in [0.5, 0.6) is 11.5 Å². The van der Waals surface area contributed by atoms with E-state index in [1.807, 2.05) is 12.1 Å². The fourth-order valence-corrected chi connectivity index (χ4v) is 2.63. The van der Waals surface area contributed by atoms with Crippen molar-refractivity contribution in [2.75, 3.05) is 19.5 Å². The van der Waals surface area contributed by atoms with Gasteiger partial charge in [-0.2, -0.15) is 0 Å². The van der Waals surface area contributed by atoms with Gasteiger partial charge in [0.2, 0.25) is 0 Å². The van der Waals surface area contributed by atoms with Gasteiger partial charge in [-0.25, -0.2) is 4.98 Å². The van der Waals surface area contributed by atoms with Gasteiger partial charge in [-0.15, -0.1) is 0 Å². The number of anilines is 1. The third-order valence-corrected chi connectivity index (χ3v) is 3.48. The van der Waals surface area contributed by atoms with Gasteiger partial charge in [0.15, 0.2) is 0 Å². The lowest BCUT2D eigenvalue weighted by Crippen LogP contribution is -2.27. The first-order valence-corrected chi connectivity index (χ1v) is 6.36. The number of hydrogen-bond acceptors (Lipinski definition) is 4. The molecule has 0 amide bonds. The number of aromatic nitrogens is 1. The molecule has 1 aromatic carbocycles. The van der Waals surface area contributed by atoms with E-state index in [1.165, 1.54) is 5.56 Å². The van der Waals surface area contributed by atoms with Crippen LogP contribution in [0, 0.1) is 0 Å². The highest BCUT2D eigenvalue weighted by Gasteiger charge is 2.29. The molecule has 4 heteroatoms. The molecular formula is C15H18N2O2. The number of pyridine rings is 1. The van der Waals surface area contributed by atoms with Crippen molar-refractivity contribution >= 4 is 16.7 Å². The average Bonchev–Trinajstić information content (AvgIpc) is 2.67. The maximum Gasteiger partial charge on any atom is 0.148 e. The summed E-state index contributed by atoms with van der Waals surface area (Å²) in [4.78, 5) is 4.71. The van der Waals surface area contributed by atoms with Crippen molar-refractivity contribution in [1.29, 1.82) is 0 Å². The highest BCUT2D eigenvalue weighted by molar-refractivity contribution is 5.89. The normalized spacial score (nSPS) is 16.0. The second-order valence-corrected chi connectivity index (χ2v) is 5.58. The first-order chi connectivity index (χ1) is 9.02. The summed E-state index contributed by atoms with van der Waals surface area (Å²) in [6.07, 6.45) is 0.977. The Morgan fingerprint density at radius 3 is 2.63 bits per heavy atom. The minimum Gasteiger partial charge on any atom is -0.497 e. The molecule has 1 aliphatic heterocycles. The van der Waals surface area contributed by atoms with Gasteiger partial charge in [-0.3, -0.25) is 0 Å². The summed E-state index contributed by atoms with van der Waals surface area (Å²) in [5.41, 5.74) is 2.17. The number of nitrogens with zero attached hydrogens (tertiary/aromatic N) is 1. The van der Waals surface area contributed by atoms with E-state index in [9.17, 15) is 0 Å². The molecule has 0 unspecified atom stereocenters. The first kappa shape index (κ1) is 12.1. The molecule has 0 radical (unpaired) electrons. The Bertz CT molecular complexity index is 650. The maximum absolute atomic E-state index is 5.41. The SMILES string of the molecule is COc1cc(OC)c2nc3c(cc2c1)CC(C)(C)N3. The van der Waals surface area contributed by atoms with Gasteiger partial charge in [0.25, 0.3) is 0 Å². The Morgan fingerprint density at radius 2 is 1.95 bits per heavy atom. The number of rotatable bonds is 2. The highest BCUT2D eigenvalue weighted by atomic mass is 16.5. The summed E-state index contributed by atoms with van der Waals surface area (Å²) < 4.78 is 10.7. The van der Waals surface area contributed by atoms with Gasteiger partial charge >= 0.3 is 0 Å². The molecule has 2 heterocycles. The molecule has 0 spiro atoms. The zero-order valence-corrected chi connectivity index (χ0v) is 11.7. The second kappa shape index (κ2) is 4.02. The molecule has 1 N–H and O–H groups in total. The van der Waals surface area contributed by atoms with Crippen LogP contribution in [0.4, 0.5) is 5.82 Å². The quantitative estimate of drug-likeness (QED) is 0.899. The van der Waals surface area contributed by atoms with E-state index in [0.29, 0.717) is 0 Å². The number of ether oxygens (including phenoxy) is 2. The molecule has 0 fully saturated rings. The largest absolute Gasteiger partial charge is 0.497 e. The molecule has 2 aromatic rings. The van der Waals surface area contributed by atoms with Crippen molar-refractivity contribution in [2.45, 2.75) is 25.8 Å². The predicted molar refractivity (Wildman–Crippen MR) is 76.3 cm³/mol. The molecule has 0 aliphatic carbocycles. The van der Waals surface area contributed by atoms with Gasteiger partial charge < -0.3 is 14.8 Å². The highest BCUT2D eigenvalue weighted by Crippen LogP contribution is 2.37. The van der Waals surface area contributed by atoms with Crippen LogP contribution in [0.1, 0.15) is 19.4 Å². The van der Waals surface area contributed by atoms with Gasteiger partial charge in [0.05, 0.1) is 14.2 Å². The summed E-state index contributed by atoms with van der Waals surface area (Å²) in [6.45, 7) is 4.36. The van der Waals surface area contributed by atoms with Crippen molar-refractivity contribution in [3.05, 3.63) is 23.8 Å². The van der Waals surface area contributed by atoms with E-state index in [1.54, 1.807) is 14.2 Å². The lowest BCUT2D eigenvalue weighted by atomic mass is 10.00. The van der Waals surface area contributed by atoms with Gasteiger partial charge in [-0.1, -0.05) is 0 Å². The molecule has 0 saturated carbocycles. The summed E-state index contributed by atoms with van der Waals surface area (Å²) >= 11 is 0. The fraction of sp³-hybridized carbons (Fsp3) is 0.400. The molecule has 0 saturated heterocycles. The monoisotopic (exact) mass is 258 g/mol. The van der Waals surface area contributed by atoms with Crippen molar-refractivity contribution in [2.24, 2.45) is 0 Å². The van der Waals surface area contributed by atoms with E-state index >= 15 is 0 Å². The summed E-state index contributed by atoms with van der Waals surface area (Å²) in [6, 6.07) is 6.03. The second-order valence-electron chi connectivity index (χ2n) is 5.58. The Balaban J connectivity index is 2.23. The zero-order chi connectivity index (χ0) is 13.6. The van der Waals surface area contributed by atoms with Crippen molar-refractivity contribution in [1.82, 2.24) is 4.98 Å². The van der Waals surface area contributed by atoms with Gasteiger partial charge in [0.1, 0.15) is 22.8 Å². The molecule has 3 rings (SSSR count). The number of nitrogens with one attached hydrogen (secondary N) is 1. The van der Waals surface area contributed by atoms with Crippen LogP contribution in [0.25, 0.3) is 10.9 Å². The summed E-state index contributed by atoms with van der Waals surface area (Å²) in [7, 11) is 3.31. The number of benzene rings is 1. The molecular weight excluding hydrogens is 240 g/mol. The van der Waals surface area contributed by atoms with Crippen LogP contribution in [0.15, 0.2) is 18.2 Å². The van der Waals surface area contributed by atoms with Crippen molar-refractivity contribution in [3.63, 3.8) is 0 Å². The van der Waals surface area contributed by atoms with Crippen LogP contribution < -0.4 is 14.8 Å². The van der Waals surface area contributed by atoms with Crippen LogP contribution in [0.3, 0.4) is 0 Å². The van der Waals surface area contributed by atoms with Crippen LogP contribution >= 0.6 is 0 Å². The molecule has 0 atom stereocenters. The Labute approximate surface area is 112 Å². The number of hydrogen-bond donors (Lipinski definition) is 1. The molecule has 19 heavy (non-hydrogen) atoms. The minimum absolute atomic E-state index is 0.0596. The van der Waals surface area contributed by atoms with E-state index in [0.717, 1.165) is 34.6 Å². The van der Waals surface area contributed by atoms with E-state index in [2.05, 4.69) is 25.2 Å². The molecule has 100 valence electrons. The predicted octanol–water partition coefficient (Wildman–Crippen LogP) is 3.00. The summed E-state index contributed by atoms with van der Waals surface area (Å²) in [5, 5.41) is 4.50. The third kappa shape index (κ3) is 1.97. The standard InChI is InChI=1S/C15H18N2O2/c1-15(2)8-10-5-9-6-11(18-3)7-12(19-4)13(9)16-14(10)17-15/h5-7H,8H2,1-4H3,(H,16,17). The smallest absolute Gasteiger partial charge is 0.148 e. The Morgan fingerprint density at radius 1 is 1.16 bits per heavy atom. The number of methoxy groups -OCH3 is 2. The van der Waals surface area contributed by atoms with E-state index < -0.39 is 0 Å². The van der Waals surface area contributed by atoms with Crippen LogP contribution in [0.2, 0.25) is 0 Å².